The van der Waals surface area contributed by atoms with E-state index in [4.69, 9.17) is 9.47 Å². The van der Waals surface area contributed by atoms with Crippen LogP contribution < -0.4 is 5.32 Å². The molecule has 19 heavy (non-hydrogen) atoms. The zero-order valence-corrected chi connectivity index (χ0v) is 11.7. The summed E-state index contributed by atoms with van der Waals surface area (Å²) in [6, 6.07) is 0. The first-order chi connectivity index (χ1) is 9.08. The van der Waals surface area contributed by atoms with E-state index in [2.05, 4.69) is 15.5 Å². The number of aromatic nitrogens is 2. The number of hydrogen-bond acceptors (Lipinski definition) is 8. The van der Waals surface area contributed by atoms with Crippen LogP contribution >= 0.6 is 11.3 Å². The van der Waals surface area contributed by atoms with Crippen LogP contribution in [0.3, 0.4) is 0 Å². The number of aryl methyl sites for hydroxylation is 1. The summed E-state index contributed by atoms with van der Waals surface area (Å²) in [7, 11) is 0. The first kappa shape index (κ1) is 15.1. The van der Waals surface area contributed by atoms with E-state index < -0.39 is 11.9 Å². The maximum Gasteiger partial charge on any atom is 0.347 e. The number of nitrogens with zero attached hydrogens (tertiary/aromatic N) is 2. The molecule has 0 unspecified atom stereocenters. The number of carbonyl (C=O) groups excluding carboxylic acids is 2. The maximum absolute atomic E-state index is 11.6. The highest BCUT2D eigenvalue weighted by Crippen LogP contribution is 2.14. The van der Waals surface area contributed by atoms with Gasteiger partial charge in [-0.15, -0.1) is 10.2 Å². The van der Waals surface area contributed by atoms with Crippen LogP contribution in [-0.4, -0.2) is 35.3 Å². The molecular weight excluding hydrogens is 270 g/mol. The van der Waals surface area contributed by atoms with Crippen LogP contribution in [0.1, 0.15) is 18.9 Å². The highest BCUT2D eigenvalue weighted by molar-refractivity contribution is 7.15. The Labute approximate surface area is 114 Å². The zero-order chi connectivity index (χ0) is 14.3. The lowest BCUT2D eigenvalue weighted by molar-refractivity contribution is -0.146. The highest BCUT2D eigenvalue weighted by atomic mass is 32.1. The summed E-state index contributed by atoms with van der Waals surface area (Å²) >= 11 is 1.30. The van der Waals surface area contributed by atoms with Gasteiger partial charge in [-0.25, -0.2) is 9.59 Å². The van der Waals surface area contributed by atoms with E-state index >= 15 is 0 Å². The van der Waals surface area contributed by atoms with Crippen molar-refractivity contribution in [3.05, 3.63) is 16.8 Å². The molecule has 1 N–H and O–H groups in total. The van der Waals surface area contributed by atoms with Gasteiger partial charge in [0.05, 0.1) is 13.2 Å². The van der Waals surface area contributed by atoms with Gasteiger partial charge in [-0.2, -0.15) is 0 Å². The zero-order valence-electron chi connectivity index (χ0n) is 10.9. The summed E-state index contributed by atoms with van der Waals surface area (Å²) < 4.78 is 9.57. The van der Waals surface area contributed by atoms with E-state index in [1.807, 2.05) is 0 Å². The van der Waals surface area contributed by atoms with Gasteiger partial charge in [0.1, 0.15) is 5.01 Å². The van der Waals surface area contributed by atoms with Crippen molar-refractivity contribution in [2.24, 2.45) is 0 Å². The van der Waals surface area contributed by atoms with E-state index in [1.165, 1.54) is 17.5 Å². The van der Waals surface area contributed by atoms with Crippen LogP contribution in [0.15, 0.2) is 11.8 Å². The summed E-state index contributed by atoms with van der Waals surface area (Å²) in [6.45, 7) is 5.45. The second-order valence-electron chi connectivity index (χ2n) is 3.27. The van der Waals surface area contributed by atoms with Gasteiger partial charge in [0.15, 0.2) is 5.57 Å². The number of carbonyl (C=O) groups is 2. The number of ether oxygens (including phenoxy) is 2. The molecule has 1 heterocycles. The summed E-state index contributed by atoms with van der Waals surface area (Å²) in [6.07, 6.45) is 1.22. The predicted octanol–water partition coefficient (Wildman–Crippen LogP) is 1.27. The minimum atomic E-state index is -0.741. The topological polar surface area (TPSA) is 90.4 Å². The quantitative estimate of drug-likeness (QED) is 0.364. The molecule has 1 rings (SSSR count). The van der Waals surface area contributed by atoms with Gasteiger partial charge in [-0.1, -0.05) is 11.3 Å². The molecule has 0 aliphatic rings. The summed E-state index contributed by atoms with van der Waals surface area (Å²) in [5.74, 6) is -1.48. The Morgan fingerprint density at radius 1 is 1.21 bits per heavy atom. The Kier molecular flexibility index (Phi) is 5.94. The fourth-order valence-corrected chi connectivity index (χ4v) is 1.67. The highest BCUT2D eigenvalue weighted by Gasteiger charge is 2.21. The fourth-order valence-electron chi connectivity index (χ4n) is 1.11. The normalized spacial score (nSPS) is 9.63. The van der Waals surface area contributed by atoms with E-state index in [0.29, 0.717) is 5.13 Å². The smallest absolute Gasteiger partial charge is 0.347 e. The Hall–Kier alpha value is -1.96. The van der Waals surface area contributed by atoms with Crippen LogP contribution in [0.25, 0.3) is 0 Å². The van der Waals surface area contributed by atoms with Gasteiger partial charge in [0.25, 0.3) is 0 Å². The average Bonchev–Trinajstić information content (AvgIpc) is 2.76. The molecule has 8 heteroatoms. The largest absolute Gasteiger partial charge is 0.462 e. The minimum absolute atomic E-state index is 0.174. The van der Waals surface area contributed by atoms with Crippen LogP contribution in [0.4, 0.5) is 5.13 Å². The van der Waals surface area contributed by atoms with Gasteiger partial charge >= 0.3 is 11.9 Å². The number of anilines is 1. The molecule has 104 valence electrons. The lowest BCUT2D eigenvalue weighted by atomic mass is 10.3. The number of hydrogen-bond donors (Lipinski definition) is 1. The number of nitrogens with one attached hydrogen (secondary N) is 1. The molecule has 0 aliphatic heterocycles. The summed E-state index contributed by atoms with van der Waals surface area (Å²) in [5.41, 5.74) is -0.212. The average molecular weight is 285 g/mol. The lowest BCUT2D eigenvalue weighted by Gasteiger charge is -2.06. The predicted molar refractivity (Wildman–Crippen MR) is 69.6 cm³/mol. The van der Waals surface area contributed by atoms with E-state index in [1.54, 1.807) is 20.8 Å². The third kappa shape index (κ3) is 4.66. The standard InChI is InChI=1S/C11H15N3O4S/c1-4-17-9(15)8(10(16)18-5-2)6-12-11-14-13-7(3)19-11/h6H,4-5H2,1-3H3,(H,12,14). The molecule has 0 radical (unpaired) electrons. The molecule has 0 amide bonds. The van der Waals surface area contributed by atoms with Crippen LogP contribution in [0, 0.1) is 6.92 Å². The van der Waals surface area contributed by atoms with Crippen molar-refractivity contribution in [1.29, 1.82) is 0 Å². The molecule has 1 aromatic heterocycles. The third-order valence-electron chi connectivity index (χ3n) is 1.86. The molecule has 0 bridgehead atoms. The van der Waals surface area contributed by atoms with E-state index in [0.717, 1.165) is 5.01 Å². The van der Waals surface area contributed by atoms with Crippen LogP contribution in [-0.2, 0) is 19.1 Å². The van der Waals surface area contributed by atoms with Gasteiger partial charge in [0.2, 0.25) is 5.13 Å². The summed E-state index contributed by atoms with van der Waals surface area (Å²) in [5, 5.41) is 11.6. The Balaban J connectivity index is 2.82. The number of esters is 2. The minimum Gasteiger partial charge on any atom is -0.462 e. The van der Waals surface area contributed by atoms with Crippen molar-refractivity contribution in [3.8, 4) is 0 Å². The van der Waals surface area contributed by atoms with Gasteiger partial charge in [0, 0.05) is 6.20 Å². The van der Waals surface area contributed by atoms with E-state index in [-0.39, 0.29) is 18.8 Å². The second-order valence-corrected chi connectivity index (χ2v) is 4.45. The molecule has 0 saturated carbocycles. The van der Waals surface area contributed by atoms with Crippen molar-refractivity contribution >= 4 is 28.4 Å². The first-order valence-corrected chi connectivity index (χ1v) is 6.51. The second kappa shape index (κ2) is 7.47. The molecule has 7 nitrogen and oxygen atoms in total. The number of rotatable bonds is 6. The van der Waals surface area contributed by atoms with Crippen LogP contribution in [0.2, 0.25) is 0 Å². The lowest BCUT2D eigenvalue weighted by Crippen LogP contribution is -2.19. The third-order valence-corrected chi connectivity index (χ3v) is 2.63. The molecule has 0 atom stereocenters. The van der Waals surface area contributed by atoms with Crippen molar-refractivity contribution in [2.75, 3.05) is 18.5 Å². The maximum atomic E-state index is 11.6. The molecular formula is C11H15N3O4S. The van der Waals surface area contributed by atoms with Crippen molar-refractivity contribution in [1.82, 2.24) is 10.2 Å². The Bertz CT molecular complexity index is 464. The molecule has 0 aliphatic carbocycles. The summed E-state index contributed by atoms with van der Waals surface area (Å²) in [4.78, 5) is 23.2. The SMILES string of the molecule is CCOC(=O)C(=CNc1nnc(C)s1)C(=O)OCC. The molecule has 1 aromatic rings. The fraction of sp³-hybridized carbons (Fsp3) is 0.455. The molecule has 0 aromatic carbocycles. The van der Waals surface area contributed by atoms with Gasteiger partial charge < -0.3 is 14.8 Å². The van der Waals surface area contributed by atoms with Gasteiger partial charge in [-0.3, -0.25) is 0 Å². The van der Waals surface area contributed by atoms with Crippen LogP contribution in [0.5, 0.6) is 0 Å². The monoisotopic (exact) mass is 285 g/mol. The molecule has 0 saturated heterocycles. The Morgan fingerprint density at radius 2 is 1.79 bits per heavy atom. The van der Waals surface area contributed by atoms with Crippen molar-refractivity contribution in [3.63, 3.8) is 0 Å². The van der Waals surface area contributed by atoms with E-state index in [9.17, 15) is 9.59 Å². The first-order valence-electron chi connectivity index (χ1n) is 5.69. The van der Waals surface area contributed by atoms with Crippen molar-refractivity contribution in [2.45, 2.75) is 20.8 Å². The molecule has 0 fully saturated rings. The van der Waals surface area contributed by atoms with Crippen molar-refractivity contribution < 1.29 is 19.1 Å². The Morgan fingerprint density at radius 3 is 2.21 bits per heavy atom. The van der Waals surface area contributed by atoms with Gasteiger partial charge in [-0.05, 0) is 20.8 Å². The molecule has 0 spiro atoms.